The van der Waals surface area contributed by atoms with E-state index in [1.54, 1.807) is 11.3 Å². The zero-order chi connectivity index (χ0) is 13.0. The van der Waals surface area contributed by atoms with Crippen LogP contribution in [0.4, 0.5) is 0 Å². The lowest BCUT2D eigenvalue weighted by molar-refractivity contribution is 0.538. The van der Waals surface area contributed by atoms with Gasteiger partial charge in [-0.05, 0) is 32.4 Å². The number of nitrogens with zero attached hydrogens (tertiary/aromatic N) is 1. The van der Waals surface area contributed by atoms with Gasteiger partial charge in [-0.25, -0.2) is 4.98 Å². The van der Waals surface area contributed by atoms with Crippen LogP contribution in [0.2, 0.25) is 0 Å². The molecule has 0 spiro atoms. The van der Waals surface area contributed by atoms with Gasteiger partial charge in [-0.15, -0.1) is 11.3 Å². The Balaban J connectivity index is 2.16. The number of hydrogen-bond donors (Lipinski definition) is 1. The van der Waals surface area contributed by atoms with Crippen LogP contribution < -0.4 is 5.32 Å². The average Bonchev–Trinajstić information content (AvgIpc) is 2.75. The summed E-state index contributed by atoms with van der Waals surface area (Å²) in [4.78, 5) is 4.60. The van der Waals surface area contributed by atoms with E-state index in [1.165, 1.54) is 16.8 Å². The lowest BCUT2D eigenvalue weighted by Crippen LogP contribution is -2.23. The van der Waals surface area contributed by atoms with Crippen molar-refractivity contribution in [2.45, 2.75) is 33.2 Å². The summed E-state index contributed by atoms with van der Waals surface area (Å²) in [5.74, 6) is 0. The van der Waals surface area contributed by atoms with Crippen molar-refractivity contribution in [3.63, 3.8) is 0 Å². The molecule has 0 amide bonds. The minimum Gasteiger partial charge on any atom is -0.309 e. The van der Waals surface area contributed by atoms with Gasteiger partial charge in [0.05, 0.1) is 16.7 Å². The summed E-state index contributed by atoms with van der Waals surface area (Å²) in [5, 5.41) is 6.83. The molecular weight excluding hydrogens is 240 g/mol. The highest BCUT2D eigenvalue weighted by Gasteiger charge is 2.14. The number of aromatic nitrogens is 1. The zero-order valence-electron chi connectivity index (χ0n) is 11.2. The normalized spacial score (nSPS) is 12.6. The average molecular weight is 260 g/mol. The summed E-state index contributed by atoms with van der Waals surface area (Å²) in [5.41, 5.74) is 3.85. The molecule has 1 atom stereocenters. The first kappa shape index (κ1) is 13.2. The maximum atomic E-state index is 4.60. The summed E-state index contributed by atoms with van der Waals surface area (Å²) in [6.07, 6.45) is 0.999. The van der Waals surface area contributed by atoms with Crippen LogP contribution in [0.3, 0.4) is 0 Å². The van der Waals surface area contributed by atoms with Gasteiger partial charge >= 0.3 is 0 Å². The third kappa shape index (κ3) is 3.40. The van der Waals surface area contributed by atoms with Crippen LogP contribution >= 0.6 is 11.3 Å². The number of benzene rings is 1. The number of hydrogen-bond acceptors (Lipinski definition) is 3. The Kier molecular flexibility index (Phi) is 4.50. The van der Waals surface area contributed by atoms with Gasteiger partial charge in [0.25, 0.3) is 0 Å². The molecule has 0 saturated carbocycles. The molecule has 2 aromatic rings. The van der Waals surface area contributed by atoms with Gasteiger partial charge in [-0.3, -0.25) is 0 Å². The largest absolute Gasteiger partial charge is 0.309 e. The molecule has 0 aliphatic carbocycles. The molecule has 1 unspecified atom stereocenters. The van der Waals surface area contributed by atoms with Crippen LogP contribution in [0.25, 0.3) is 0 Å². The number of nitrogens with one attached hydrogen (secondary N) is 1. The molecule has 1 aromatic carbocycles. The molecule has 1 N–H and O–H groups in total. The topological polar surface area (TPSA) is 24.9 Å². The second kappa shape index (κ2) is 6.12. The molecule has 1 heterocycles. The Morgan fingerprint density at radius 1 is 1.33 bits per heavy atom. The molecule has 0 fully saturated rings. The van der Waals surface area contributed by atoms with Gasteiger partial charge in [0.2, 0.25) is 0 Å². The third-order valence-electron chi connectivity index (χ3n) is 2.97. The fourth-order valence-corrected chi connectivity index (χ4v) is 2.81. The SMILES string of the molecule is CCNC(Cc1cccc(C)c1)c1csc(C)n1. The van der Waals surface area contributed by atoms with Gasteiger partial charge < -0.3 is 5.32 Å². The van der Waals surface area contributed by atoms with E-state index in [-0.39, 0.29) is 0 Å². The number of rotatable bonds is 5. The van der Waals surface area contributed by atoms with Gasteiger partial charge in [-0.2, -0.15) is 0 Å². The summed E-state index contributed by atoms with van der Waals surface area (Å²) in [6.45, 7) is 7.30. The molecule has 18 heavy (non-hydrogen) atoms. The monoisotopic (exact) mass is 260 g/mol. The lowest BCUT2D eigenvalue weighted by Gasteiger charge is -2.16. The summed E-state index contributed by atoms with van der Waals surface area (Å²) >= 11 is 1.72. The predicted molar refractivity (Wildman–Crippen MR) is 78.2 cm³/mol. The molecule has 0 bridgehead atoms. The minimum absolute atomic E-state index is 0.321. The summed E-state index contributed by atoms with van der Waals surface area (Å²) < 4.78 is 0. The molecule has 3 heteroatoms. The van der Waals surface area contributed by atoms with Crippen LogP contribution in [-0.4, -0.2) is 11.5 Å². The van der Waals surface area contributed by atoms with Crippen molar-refractivity contribution in [3.05, 3.63) is 51.5 Å². The molecule has 0 saturated heterocycles. The van der Waals surface area contributed by atoms with E-state index in [4.69, 9.17) is 0 Å². The molecule has 2 nitrogen and oxygen atoms in total. The fourth-order valence-electron chi connectivity index (χ4n) is 2.14. The highest BCUT2D eigenvalue weighted by atomic mass is 32.1. The molecule has 0 radical (unpaired) electrons. The summed E-state index contributed by atoms with van der Waals surface area (Å²) in [7, 11) is 0. The van der Waals surface area contributed by atoms with Crippen LogP contribution in [0.1, 0.15) is 34.8 Å². The molecular formula is C15H20N2S. The lowest BCUT2D eigenvalue weighted by atomic mass is 10.0. The smallest absolute Gasteiger partial charge is 0.0898 e. The van der Waals surface area contributed by atoms with Gasteiger partial charge in [-0.1, -0.05) is 36.8 Å². The van der Waals surface area contributed by atoms with E-state index in [1.807, 2.05) is 0 Å². The highest BCUT2D eigenvalue weighted by molar-refractivity contribution is 7.09. The Hall–Kier alpha value is -1.19. The van der Waals surface area contributed by atoms with Crippen LogP contribution in [-0.2, 0) is 6.42 Å². The zero-order valence-corrected chi connectivity index (χ0v) is 12.1. The second-order valence-corrected chi connectivity index (χ2v) is 5.66. The summed E-state index contributed by atoms with van der Waals surface area (Å²) in [6, 6.07) is 9.03. The van der Waals surface area contributed by atoms with Crippen LogP contribution in [0.15, 0.2) is 29.6 Å². The molecule has 2 rings (SSSR count). The first-order chi connectivity index (χ1) is 8.69. The minimum atomic E-state index is 0.321. The number of aryl methyl sites for hydroxylation is 2. The van der Waals surface area contributed by atoms with Gasteiger partial charge in [0, 0.05) is 5.38 Å². The van der Waals surface area contributed by atoms with Crippen LogP contribution in [0.5, 0.6) is 0 Å². The quantitative estimate of drug-likeness (QED) is 0.887. The first-order valence-electron chi connectivity index (χ1n) is 6.40. The Labute approximate surface area is 113 Å². The first-order valence-corrected chi connectivity index (χ1v) is 7.28. The van der Waals surface area contributed by atoms with Gasteiger partial charge in [0.1, 0.15) is 0 Å². The van der Waals surface area contributed by atoms with Crippen molar-refractivity contribution >= 4 is 11.3 Å². The Bertz CT molecular complexity index is 505. The van der Waals surface area contributed by atoms with E-state index in [9.17, 15) is 0 Å². The Morgan fingerprint density at radius 2 is 2.17 bits per heavy atom. The van der Waals surface area contributed by atoms with E-state index in [0.29, 0.717) is 6.04 Å². The highest BCUT2D eigenvalue weighted by Crippen LogP contribution is 2.20. The van der Waals surface area contributed by atoms with Crippen molar-refractivity contribution in [2.75, 3.05) is 6.54 Å². The maximum Gasteiger partial charge on any atom is 0.0898 e. The van der Waals surface area contributed by atoms with Crippen molar-refractivity contribution in [3.8, 4) is 0 Å². The van der Waals surface area contributed by atoms with Crippen molar-refractivity contribution in [2.24, 2.45) is 0 Å². The molecule has 1 aromatic heterocycles. The van der Waals surface area contributed by atoms with E-state index in [0.717, 1.165) is 18.0 Å². The van der Waals surface area contributed by atoms with Crippen molar-refractivity contribution in [1.82, 2.24) is 10.3 Å². The molecule has 0 aliphatic rings. The maximum absolute atomic E-state index is 4.60. The molecule has 0 aliphatic heterocycles. The standard InChI is InChI=1S/C15H20N2S/c1-4-16-14(15-10-18-12(3)17-15)9-13-7-5-6-11(2)8-13/h5-8,10,14,16H,4,9H2,1-3H3. The Morgan fingerprint density at radius 3 is 2.78 bits per heavy atom. The van der Waals surface area contributed by atoms with E-state index >= 15 is 0 Å². The number of likely N-dealkylation sites (N-methyl/N-ethyl adjacent to an activating group) is 1. The van der Waals surface area contributed by atoms with Crippen molar-refractivity contribution in [1.29, 1.82) is 0 Å². The van der Waals surface area contributed by atoms with E-state index < -0.39 is 0 Å². The third-order valence-corrected chi connectivity index (χ3v) is 3.76. The number of thiazole rings is 1. The van der Waals surface area contributed by atoms with Crippen molar-refractivity contribution < 1.29 is 0 Å². The van der Waals surface area contributed by atoms with Crippen LogP contribution in [0, 0.1) is 13.8 Å². The fraction of sp³-hybridized carbons (Fsp3) is 0.400. The molecule has 96 valence electrons. The predicted octanol–water partition coefficient (Wildman–Crippen LogP) is 3.65. The van der Waals surface area contributed by atoms with Gasteiger partial charge in [0.15, 0.2) is 0 Å². The van der Waals surface area contributed by atoms with E-state index in [2.05, 4.69) is 60.7 Å². The second-order valence-electron chi connectivity index (χ2n) is 4.59.